The molecule has 1 saturated heterocycles. The third kappa shape index (κ3) is 2.52. The van der Waals surface area contributed by atoms with E-state index in [1.54, 1.807) is 0 Å². The van der Waals surface area contributed by atoms with Crippen molar-refractivity contribution in [1.82, 2.24) is 10.2 Å². The molecular formula is C15H23N3. The zero-order chi connectivity index (χ0) is 12.4. The fourth-order valence-electron chi connectivity index (χ4n) is 3.02. The van der Waals surface area contributed by atoms with Crippen LogP contribution in [0.5, 0.6) is 0 Å². The molecule has 0 amide bonds. The highest BCUT2D eigenvalue weighted by Crippen LogP contribution is 2.27. The van der Waals surface area contributed by atoms with E-state index in [1.807, 2.05) is 0 Å². The summed E-state index contributed by atoms with van der Waals surface area (Å²) in [6.45, 7) is 9.31. The largest absolute Gasteiger partial charge is 0.384 e. The first kappa shape index (κ1) is 12.0. The predicted octanol–water partition coefficient (Wildman–Crippen LogP) is 1.66. The molecule has 0 saturated carbocycles. The SMILES string of the molecule is CC(CN1CCNCC1)c1ccc2c(c1)CCN2. The van der Waals surface area contributed by atoms with Crippen LogP contribution in [0.2, 0.25) is 0 Å². The lowest BCUT2D eigenvalue weighted by Gasteiger charge is -2.29. The Balaban J connectivity index is 1.66. The maximum absolute atomic E-state index is 3.43. The summed E-state index contributed by atoms with van der Waals surface area (Å²) in [5, 5.41) is 6.84. The fourth-order valence-corrected chi connectivity index (χ4v) is 3.02. The van der Waals surface area contributed by atoms with Gasteiger partial charge in [0.05, 0.1) is 0 Å². The van der Waals surface area contributed by atoms with Crippen LogP contribution in [0.4, 0.5) is 5.69 Å². The number of fused-ring (bicyclic) bond motifs is 1. The van der Waals surface area contributed by atoms with Crippen molar-refractivity contribution in [3.63, 3.8) is 0 Å². The number of piperazine rings is 1. The summed E-state index contributed by atoms with van der Waals surface area (Å²) < 4.78 is 0. The number of benzene rings is 1. The van der Waals surface area contributed by atoms with Gasteiger partial charge in [-0.2, -0.15) is 0 Å². The average Bonchev–Trinajstić information content (AvgIpc) is 2.87. The topological polar surface area (TPSA) is 27.3 Å². The van der Waals surface area contributed by atoms with Crippen LogP contribution in [-0.2, 0) is 6.42 Å². The first-order chi connectivity index (χ1) is 8.83. The summed E-state index contributed by atoms with van der Waals surface area (Å²) >= 11 is 0. The highest BCUT2D eigenvalue weighted by molar-refractivity contribution is 5.56. The van der Waals surface area contributed by atoms with Crippen LogP contribution in [-0.4, -0.2) is 44.2 Å². The lowest BCUT2D eigenvalue weighted by molar-refractivity contribution is 0.230. The number of nitrogens with one attached hydrogen (secondary N) is 2. The second-order valence-corrected chi connectivity index (χ2v) is 5.55. The lowest BCUT2D eigenvalue weighted by atomic mass is 9.97. The van der Waals surface area contributed by atoms with Crippen molar-refractivity contribution < 1.29 is 0 Å². The van der Waals surface area contributed by atoms with Crippen molar-refractivity contribution in [3.05, 3.63) is 29.3 Å². The van der Waals surface area contributed by atoms with Gasteiger partial charge in [-0.25, -0.2) is 0 Å². The molecule has 0 spiro atoms. The molecule has 1 fully saturated rings. The Labute approximate surface area is 110 Å². The Morgan fingerprint density at radius 1 is 1.22 bits per heavy atom. The van der Waals surface area contributed by atoms with E-state index in [-0.39, 0.29) is 0 Å². The van der Waals surface area contributed by atoms with Crippen LogP contribution in [0.3, 0.4) is 0 Å². The van der Waals surface area contributed by atoms with Gasteiger partial charge < -0.3 is 15.5 Å². The van der Waals surface area contributed by atoms with Gasteiger partial charge >= 0.3 is 0 Å². The molecule has 2 aliphatic heterocycles. The van der Waals surface area contributed by atoms with Crippen molar-refractivity contribution in [1.29, 1.82) is 0 Å². The number of anilines is 1. The molecule has 3 rings (SSSR count). The third-order valence-corrected chi connectivity index (χ3v) is 4.15. The molecule has 0 aliphatic carbocycles. The molecule has 1 unspecified atom stereocenters. The van der Waals surface area contributed by atoms with E-state index in [0.717, 1.165) is 19.6 Å². The average molecular weight is 245 g/mol. The molecule has 1 aromatic carbocycles. The standard InChI is InChI=1S/C15H23N3/c1-12(11-18-8-6-16-7-9-18)13-2-3-15-14(10-13)4-5-17-15/h2-3,10,12,16-17H,4-9,11H2,1H3. The van der Waals surface area contributed by atoms with Crippen LogP contribution in [0.1, 0.15) is 24.0 Å². The van der Waals surface area contributed by atoms with Crippen molar-refractivity contribution in [2.45, 2.75) is 19.3 Å². The number of nitrogens with zero attached hydrogens (tertiary/aromatic N) is 1. The second kappa shape index (κ2) is 5.29. The smallest absolute Gasteiger partial charge is 0.0373 e. The quantitative estimate of drug-likeness (QED) is 0.848. The van der Waals surface area contributed by atoms with Gasteiger partial charge in [-0.3, -0.25) is 0 Å². The first-order valence-electron chi connectivity index (χ1n) is 7.13. The minimum absolute atomic E-state index is 0.633. The van der Waals surface area contributed by atoms with Crippen molar-refractivity contribution in [2.75, 3.05) is 44.6 Å². The minimum Gasteiger partial charge on any atom is -0.384 e. The van der Waals surface area contributed by atoms with E-state index in [9.17, 15) is 0 Å². The van der Waals surface area contributed by atoms with E-state index >= 15 is 0 Å². The molecular weight excluding hydrogens is 222 g/mol. The highest BCUT2D eigenvalue weighted by Gasteiger charge is 2.16. The molecule has 2 N–H and O–H groups in total. The van der Waals surface area contributed by atoms with Crippen LogP contribution >= 0.6 is 0 Å². The summed E-state index contributed by atoms with van der Waals surface area (Å²) in [5.41, 5.74) is 4.34. The number of rotatable bonds is 3. The minimum atomic E-state index is 0.633. The van der Waals surface area contributed by atoms with Crippen molar-refractivity contribution in [2.24, 2.45) is 0 Å². The van der Waals surface area contributed by atoms with Crippen LogP contribution < -0.4 is 10.6 Å². The van der Waals surface area contributed by atoms with Gasteiger partial charge in [-0.15, -0.1) is 0 Å². The zero-order valence-corrected chi connectivity index (χ0v) is 11.2. The summed E-state index contributed by atoms with van der Waals surface area (Å²) in [6.07, 6.45) is 1.18. The molecule has 0 aromatic heterocycles. The summed E-state index contributed by atoms with van der Waals surface area (Å²) in [7, 11) is 0. The molecule has 3 heteroatoms. The van der Waals surface area contributed by atoms with Crippen molar-refractivity contribution in [3.8, 4) is 0 Å². The molecule has 1 aromatic rings. The maximum atomic E-state index is 3.43. The Hall–Kier alpha value is -1.06. The Bertz CT molecular complexity index is 410. The molecule has 1 atom stereocenters. The molecule has 3 nitrogen and oxygen atoms in total. The van der Waals surface area contributed by atoms with Gasteiger partial charge in [0.25, 0.3) is 0 Å². The molecule has 0 radical (unpaired) electrons. The number of hydrogen-bond donors (Lipinski definition) is 2. The van der Waals surface area contributed by atoms with Crippen molar-refractivity contribution >= 4 is 5.69 Å². The predicted molar refractivity (Wildman–Crippen MR) is 76.4 cm³/mol. The Morgan fingerprint density at radius 3 is 2.89 bits per heavy atom. The van der Waals surface area contributed by atoms with Crippen LogP contribution in [0, 0.1) is 0 Å². The van der Waals surface area contributed by atoms with E-state index < -0.39 is 0 Å². The molecule has 18 heavy (non-hydrogen) atoms. The summed E-state index contributed by atoms with van der Waals surface area (Å²) in [4.78, 5) is 2.58. The van der Waals surface area contributed by atoms with Gasteiger partial charge in [0.2, 0.25) is 0 Å². The van der Waals surface area contributed by atoms with Gasteiger partial charge in [-0.05, 0) is 29.5 Å². The first-order valence-corrected chi connectivity index (χ1v) is 7.13. The fraction of sp³-hybridized carbons (Fsp3) is 0.600. The van der Waals surface area contributed by atoms with Gasteiger partial charge in [0.1, 0.15) is 0 Å². The lowest BCUT2D eigenvalue weighted by Crippen LogP contribution is -2.44. The van der Waals surface area contributed by atoms with Gasteiger partial charge in [0.15, 0.2) is 0 Å². The summed E-state index contributed by atoms with van der Waals surface area (Å²) in [5.74, 6) is 0.633. The van der Waals surface area contributed by atoms with E-state index in [1.165, 1.54) is 42.9 Å². The maximum Gasteiger partial charge on any atom is 0.0373 e. The molecule has 98 valence electrons. The van der Waals surface area contributed by atoms with Gasteiger partial charge in [0, 0.05) is 45.0 Å². The molecule has 0 bridgehead atoms. The van der Waals surface area contributed by atoms with E-state index in [2.05, 4.69) is 40.7 Å². The molecule has 2 aliphatic rings. The highest BCUT2D eigenvalue weighted by atomic mass is 15.2. The normalized spacial score (nSPS) is 21.4. The van der Waals surface area contributed by atoms with Crippen LogP contribution in [0.15, 0.2) is 18.2 Å². The molecule has 2 heterocycles. The third-order valence-electron chi connectivity index (χ3n) is 4.15. The van der Waals surface area contributed by atoms with Crippen LogP contribution in [0.25, 0.3) is 0 Å². The Kier molecular flexibility index (Phi) is 3.52. The zero-order valence-electron chi connectivity index (χ0n) is 11.2. The van der Waals surface area contributed by atoms with E-state index in [4.69, 9.17) is 0 Å². The van der Waals surface area contributed by atoms with E-state index in [0.29, 0.717) is 5.92 Å². The number of hydrogen-bond acceptors (Lipinski definition) is 3. The monoisotopic (exact) mass is 245 g/mol. The Morgan fingerprint density at radius 2 is 2.06 bits per heavy atom. The summed E-state index contributed by atoms with van der Waals surface area (Å²) in [6, 6.07) is 6.96. The second-order valence-electron chi connectivity index (χ2n) is 5.55. The van der Waals surface area contributed by atoms with Gasteiger partial charge in [-0.1, -0.05) is 19.1 Å².